The van der Waals surface area contributed by atoms with Gasteiger partial charge in [-0.15, -0.1) is 17.8 Å². The molecule has 0 saturated carbocycles. The molecule has 0 aliphatic carbocycles. The number of terminal acetylenes is 1. The van der Waals surface area contributed by atoms with Gasteiger partial charge in [-0.2, -0.15) is 0 Å². The molecule has 1 heterocycles. The fourth-order valence-corrected chi connectivity index (χ4v) is 3.52. The van der Waals surface area contributed by atoms with Crippen LogP contribution in [0.1, 0.15) is 17.8 Å². The Morgan fingerprint density at radius 2 is 2.00 bits per heavy atom. The highest BCUT2D eigenvalue weighted by atomic mass is 32.1. The maximum Gasteiger partial charge on any atom is 0.325 e. The molecule has 1 atom stereocenters. The van der Waals surface area contributed by atoms with Crippen LogP contribution < -0.4 is 19.7 Å². The van der Waals surface area contributed by atoms with E-state index in [4.69, 9.17) is 20.6 Å². The van der Waals surface area contributed by atoms with Gasteiger partial charge in [0.15, 0.2) is 6.04 Å². The Hall–Kier alpha value is -3.51. The highest BCUT2D eigenvalue weighted by Crippen LogP contribution is 2.38. The fourth-order valence-electron chi connectivity index (χ4n) is 2.71. The van der Waals surface area contributed by atoms with Crippen LogP contribution in [-0.2, 0) is 19.1 Å². The molecule has 0 unspecified atom stereocenters. The van der Waals surface area contributed by atoms with Crippen LogP contribution in [-0.4, -0.2) is 45.2 Å². The van der Waals surface area contributed by atoms with E-state index in [0.717, 1.165) is 4.90 Å². The molecule has 0 saturated heterocycles. The van der Waals surface area contributed by atoms with Gasteiger partial charge in [0.1, 0.15) is 18.0 Å². The van der Waals surface area contributed by atoms with Gasteiger partial charge in [-0.25, -0.2) is 0 Å². The maximum absolute atomic E-state index is 13.1. The first-order valence-corrected chi connectivity index (χ1v) is 9.83. The van der Waals surface area contributed by atoms with Crippen molar-refractivity contribution in [3.8, 4) is 23.8 Å². The molecular weight excluding hydrogens is 408 g/mol. The number of hydrogen-bond acceptors (Lipinski definition) is 7. The van der Waals surface area contributed by atoms with Crippen LogP contribution in [0.3, 0.4) is 0 Å². The summed E-state index contributed by atoms with van der Waals surface area (Å²) in [7, 11) is 2.92. The molecule has 0 radical (unpaired) electrons. The molecule has 0 fully saturated rings. The number of methoxy groups -OCH3 is 2. The minimum Gasteiger partial charge on any atom is -0.497 e. The minimum atomic E-state index is -1.12. The van der Waals surface area contributed by atoms with Gasteiger partial charge in [0.05, 0.1) is 26.5 Å². The predicted octanol–water partition coefficient (Wildman–Crippen LogP) is 2.15. The predicted molar refractivity (Wildman–Crippen MR) is 113 cm³/mol. The summed E-state index contributed by atoms with van der Waals surface area (Å²) in [4.78, 5) is 39.2. The van der Waals surface area contributed by atoms with Crippen LogP contribution >= 0.6 is 11.3 Å². The van der Waals surface area contributed by atoms with Gasteiger partial charge < -0.3 is 19.5 Å². The van der Waals surface area contributed by atoms with Gasteiger partial charge in [-0.05, 0) is 36.4 Å². The molecule has 0 aliphatic heterocycles. The molecule has 2 rings (SSSR count). The van der Waals surface area contributed by atoms with Crippen molar-refractivity contribution >= 4 is 34.8 Å². The first-order chi connectivity index (χ1) is 14.5. The largest absolute Gasteiger partial charge is 0.497 e. The molecular formula is C21H22N2O6S. The van der Waals surface area contributed by atoms with Crippen molar-refractivity contribution in [3.05, 3.63) is 40.6 Å². The van der Waals surface area contributed by atoms with E-state index in [9.17, 15) is 14.4 Å². The fraction of sp³-hybridized carbons (Fsp3) is 0.286. The summed E-state index contributed by atoms with van der Waals surface area (Å²) in [6.07, 6.45) is 5.40. The summed E-state index contributed by atoms with van der Waals surface area (Å²) in [5, 5.41) is 4.28. The molecule has 158 valence electrons. The quantitative estimate of drug-likeness (QED) is 0.484. The van der Waals surface area contributed by atoms with Gasteiger partial charge in [0, 0.05) is 10.9 Å². The lowest BCUT2D eigenvalue weighted by atomic mass is 10.1. The van der Waals surface area contributed by atoms with E-state index in [-0.39, 0.29) is 24.6 Å². The molecule has 2 amide bonds. The Balaban J connectivity index is 2.51. The van der Waals surface area contributed by atoms with Crippen molar-refractivity contribution in [2.75, 3.05) is 32.3 Å². The van der Waals surface area contributed by atoms with Crippen molar-refractivity contribution in [3.63, 3.8) is 0 Å². The molecule has 0 bridgehead atoms. The SMILES string of the molecule is C#CC(=O)N(c1ccc(OC)cc1OC)[C@@H](C(=O)NCC(=O)OCC)c1cccs1. The third-order valence-electron chi connectivity index (χ3n) is 4.02. The number of carbonyl (C=O) groups is 3. The third-order valence-corrected chi connectivity index (χ3v) is 4.94. The van der Waals surface area contributed by atoms with Crippen LogP contribution in [0.4, 0.5) is 5.69 Å². The maximum atomic E-state index is 13.1. The monoisotopic (exact) mass is 430 g/mol. The number of hydrogen-bond donors (Lipinski definition) is 1. The van der Waals surface area contributed by atoms with Crippen LogP contribution in [0.25, 0.3) is 0 Å². The average Bonchev–Trinajstić information content (AvgIpc) is 3.29. The van der Waals surface area contributed by atoms with Crippen LogP contribution in [0, 0.1) is 12.3 Å². The zero-order valence-electron chi connectivity index (χ0n) is 16.8. The summed E-state index contributed by atoms with van der Waals surface area (Å²) >= 11 is 1.27. The van der Waals surface area contributed by atoms with Crippen molar-refractivity contribution in [2.45, 2.75) is 13.0 Å². The van der Waals surface area contributed by atoms with Crippen molar-refractivity contribution in [1.82, 2.24) is 5.32 Å². The number of rotatable bonds is 9. The van der Waals surface area contributed by atoms with Crippen molar-refractivity contribution < 1.29 is 28.6 Å². The van der Waals surface area contributed by atoms with Crippen LogP contribution in [0.5, 0.6) is 11.5 Å². The number of anilines is 1. The molecule has 9 heteroatoms. The number of esters is 1. The summed E-state index contributed by atoms with van der Waals surface area (Å²) in [5.41, 5.74) is 0.283. The number of thiophene rings is 1. The zero-order chi connectivity index (χ0) is 22.1. The van der Waals surface area contributed by atoms with Gasteiger partial charge in [-0.1, -0.05) is 6.07 Å². The van der Waals surface area contributed by atoms with Crippen LogP contribution in [0.15, 0.2) is 35.7 Å². The lowest BCUT2D eigenvalue weighted by Gasteiger charge is -2.30. The second-order valence-electron chi connectivity index (χ2n) is 5.80. The summed E-state index contributed by atoms with van der Waals surface area (Å²) in [5.74, 6) is 0.924. The Bertz CT molecular complexity index is 935. The van der Waals surface area contributed by atoms with E-state index >= 15 is 0 Å². The second-order valence-corrected chi connectivity index (χ2v) is 6.78. The van der Waals surface area contributed by atoms with Gasteiger partial charge in [-0.3, -0.25) is 19.3 Å². The highest BCUT2D eigenvalue weighted by Gasteiger charge is 2.35. The van der Waals surface area contributed by atoms with E-state index < -0.39 is 23.8 Å². The Kier molecular flexibility index (Phi) is 8.26. The number of nitrogens with zero attached hydrogens (tertiary/aromatic N) is 1. The Labute approximate surface area is 178 Å². The van der Waals surface area contributed by atoms with E-state index in [1.54, 1.807) is 42.6 Å². The van der Waals surface area contributed by atoms with Crippen molar-refractivity contribution in [1.29, 1.82) is 0 Å². The van der Waals surface area contributed by atoms with E-state index in [1.165, 1.54) is 25.6 Å². The zero-order valence-corrected chi connectivity index (χ0v) is 17.7. The highest BCUT2D eigenvalue weighted by molar-refractivity contribution is 7.10. The van der Waals surface area contributed by atoms with Gasteiger partial charge >= 0.3 is 11.9 Å². The van der Waals surface area contributed by atoms with E-state index in [2.05, 4.69) is 11.2 Å². The molecule has 2 aromatic rings. The number of benzene rings is 1. The van der Waals surface area contributed by atoms with Gasteiger partial charge in [0.25, 0.3) is 0 Å². The lowest BCUT2D eigenvalue weighted by molar-refractivity contribution is -0.143. The van der Waals surface area contributed by atoms with E-state index in [1.807, 2.05) is 0 Å². The minimum absolute atomic E-state index is 0.188. The second kappa shape index (κ2) is 10.9. The number of ether oxygens (including phenoxy) is 3. The lowest BCUT2D eigenvalue weighted by Crippen LogP contribution is -2.44. The normalized spacial score (nSPS) is 11.0. The summed E-state index contributed by atoms with van der Waals surface area (Å²) in [6.45, 7) is 1.51. The smallest absolute Gasteiger partial charge is 0.325 e. The number of carbonyl (C=O) groups excluding carboxylic acids is 3. The third kappa shape index (κ3) is 5.30. The first-order valence-electron chi connectivity index (χ1n) is 8.95. The van der Waals surface area contributed by atoms with Gasteiger partial charge in [0.2, 0.25) is 5.91 Å². The molecule has 1 N–H and O–H groups in total. The number of amides is 2. The molecule has 1 aromatic heterocycles. The molecule has 0 spiro atoms. The van der Waals surface area contributed by atoms with Crippen molar-refractivity contribution in [2.24, 2.45) is 0 Å². The molecule has 1 aromatic carbocycles. The number of nitrogens with one attached hydrogen (secondary N) is 1. The summed E-state index contributed by atoms with van der Waals surface area (Å²) in [6, 6.07) is 7.10. The first kappa shape index (κ1) is 22.8. The Morgan fingerprint density at radius 3 is 2.57 bits per heavy atom. The summed E-state index contributed by atoms with van der Waals surface area (Å²) < 4.78 is 15.4. The molecule has 0 aliphatic rings. The topological polar surface area (TPSA) is 94.2 Å². The molecule has 8 nitrogen and oxygen atoms in total. The average molecular weight is 430 g/mol. The Morgan fingerprint density at radius 1 is 1.23 bits per heavy atom. The van der Waals surface area contributed by atoms with Crippen LogP contribution in [0.2, 0.25) is 0 Å². The standard InChI is InChI=1S/C21H22N2O6S/c1-5-18(24)23(15-10-9-14(27-3)12-16(15)28-4)20(17-8-7-11-30-17)21(26)22-13-19(25)29-6-2/h1,7-12,20H,6,13H2,2-4H3,(H,22,26)/t20-/m1/s1. The van der Waals surface area contributed by atoms with E-state index in [0.29, 0.717) is 10.6 Å². The molecule has 30 heavy (non-hydrogen) atoms.